The highest BCUT2D eigenvalue weighted by Crippen LogP contribution is 2.09. The first-order chi connectivity index (χ1) is 9.19. The molecule has 0 atom stereocenters. The van der Waals surface area contributed by atoms with E-state index in [2.05, 4.69) is 26.2 Å². The van der Waals surface area contributed by atoms with Crippen molar-refractivity contribution in [2.75, 3.05) is 6.54 Å². The lowest BCUT2D eigenvalue weighted by Crippen LogP contribution is -2.25. The Morgan fingerprint density at radius 1 is 1.37 bits per heavy atom. The fraction of sp³-hybridized carbons (Fsp3) is 0.286. The summed E-state index contributed by atoms with van der Waals surface area (Å²) in [5.41, 5.74) is 2.89. The number of nitrogens with zero attached hydrogens (tertiary/aromatic N) is 1. The van der Waals surface area contributed by atoms with Crippen molar-refractivity contribution in [2.45, 2.75) is 18.7 Å². The number of rotatable bonds is 5. The number of halogens is 1. The summed E-state index contributed by atoms with van der Waals surface area (Å²) < 4.78 is 0. The molecule has 100 valence electrons. The normalized spacial score (nSPS) is 10.4. The summed E-state index contributed by atoms with van der Waals surface area (Å²) >= 11 is 5.02. The van der Waals surface area contributed by atoms with E-state index >= 15 is 0 Å². The maximum absolute atomic E-state index is 11.9. The number of hydrogen-bond donors (Lipinski definition) is 1. The van der Waals surface area contributed by atoms with E-state index in [-0.39, 0.29) is 5.91 Å². The Morgan fingerprint density at radius 3 is 2.68 bits per heavy atom. The molecule has 5 heteroatoms. The topological polar surface area (TPSA) is 42.0 Å². The zero-order valence-electron chi connectivity index (χ0n) is 10.6. The number of hydrogen-bond acceptors (Lipinski definition) is 3. The SMILES string of the molecule is Cc1csc(CCNC(=O)c2ccc(CBr)cc2)n1. The van der Waals surface area contributed by atoms with Crippen molar-refractivity contribution >= 4 is 33.2 Å². The molecule has 0 bridgehead atoms. The summed E-state index contributed by atoms with van der Waals surface area (Å²) in [7, 11) is 0. The lowest BCUT2D eigenvalue weighted by atomic mass is 10.1. The second-order valence-electron chi connectivity index (χ2n) is 4.22. The molecule has 1 amide bonds. The molecule has 1 N–H and O–H groups in total. The summed E-state index contributed by atoms with van der Waals surface area (Å²) in [6, 6.07) is 7.60. The molecule has 1 aromatic carbocycles. The van der Waals surface area contributed by atoms with Crippen LogP contribution in [0.4, 0.5) is 0 Å². The Morgan fingerprint density at radius 2 is 2.11 bits per heavy atom. The Bertz CT molecular complexity index is 551. The van der Waals surface area contributed by atoms with Gasteiger partial charge < -0.3 is 5.32 Å². The fourth-order valence-electron chi connectivity index (χ4n) is 1.65. The number of nitrogens with one attached hydrogen (secondary N) is 1. The largest absolute Gasteiger partial charge is 0.352 e. The van der Waals surface area contributed by atoms with Gasteiger partial charge in [0.15, 0.2) is 0 Å². The van der Waals surface area contributed by atoms with Gasteiger partial charge in [0.2, 0.25) is 0 Å². The van der Waals surface area contributed by atoms with Gasteiger partial charge in [-0.2, -0.15) is 0 Å². The third-order valence-electron chi connectivity index (χ3n) is 2.66. The van der Waals surface area contributed by atoms with Crippen LogP contribution in [0.3, 0.4) is 0 Å². The van der Waals surface area contributed by atoms with E-state index in [1.807, 2.05) is 36.6 Å². The molecule has 0 saturated heterocycles. The van der Waals surface area contributed by atoms with Crippen LogP contribution in [0.15, 0.2) is 29.6 Å². The van der Waals surface area contributed by atoms with Crippen LogP contribution in [0.25, 0.3) is 0 Å². The van der Waals surface area contributed by atoms with Crippen LogP contribution in [-0.2, 0) is 11.8 Å². The van der Waals surface area contributed by atoms with Gasteiger partial charge in [-0.05, 0) is 24.6 Å². The van der Waals surface area contributed by atoms with E-state index in [9.17, 15) is 4.79 Å². The molecular formula is C14H15BrN2OS. The van der Waals surface area contributed by atoms with E-state index in [0.717, 1.165) is 28.0 Å². The molecule has 0 aliphatic rings. The predicted octanol–water partition coefficient (Wildman–Crippen LogP) is 3.32. The van der Waals surface area contributed by atoms with Gasteiger partial charge in [-0.15, -0.1) is 11.3 Å². The van der Waals surface area contributed by atoms with Crippen LogP contribution in [0.2, 0.25) is 0 Å². The zero-order valence-corrected chi connectivity index (χ0v) is 13.1. The van der Waals surface area contributed by atoms with Gasteiger partial charge in [-0.25, -0.2) is 4.98 Å². The number of amides is 1. The molecule has 1 aromatic heterocycles. The molecule has 19 heavy (non-hydrogen) atoms. The Labute approximate surface area is 125 Å². The average Bonchev–Trinajstić information content (AvgIpc) is 2.84. The number of alkyl halides is 1. The van der Waals surface area contributed by atoms with Crippen molar-refractivity contribution in [1.29, 1.82) is 0 Å². The van der Waals surface area contributed by atoms with Crippen LogP contribution < -0.4 is 5.32 Å². The van der Waals surface area contributed by atoms with E-state index in [1.54, 1.807) is 11.3 Å². The molecule has 1 heterocycles. The Hall–Kier alpha value is -1.20. The van der Waals surface area contributed by atoms with Crippen molar-refractivity contribution in [3.63, 3.8) is 0 Å². The number of thiazole rings is 1. The van der Waals surface area contributed by atoms with E-state index in [4.69, 9.17) is 0 Å². The smallest absolute Gasteiger partial charge is 0.251 e. The second kappa shape index (κ2) is 6.82. The van der Waals surface area contributed by atoms with Gasteiger partial charge in [0.25, 0.3) is 5.91 Å². The van der Waals surface area contributed by atoms with Crippen molar-refractivity contribution < 1.29 is 4.79 Å². The predicted molar refractivity (Wildman–Crippen MR) is 82.0 cm³/mol. The number of carbonyl (C=O) groups excluding carboxylic acids is 1. The molecule has 3 nitrogen and oxygen atoms in total. The van der Waals surface area contributed by atoms with Gasteiger partial charge in [-0.1, -0.05) is 28.1 Å². The van der Waals surface area contributed by atoms with Crippen LogP contribution in [-0.4, -0.2) is 17.4 Å². The van der Waals surface area contributed by atoms with Crippen LogP contribution in [0.5, 0.6) is 0 Å². The molecule has 0 aliphatic heterocycles. The Balaban J connectivity index is 1.83. The summed E-state index contributed by atoms with van der Waals surface area (Å²) in [6.07, 6.45) is 0.781. The standard InChI is InChI=1S/C14H15BrN2OS/c1-10-9-19-13(17-10)6-7-16-14(18)12-4-2-11(8-15)3-5-12/h2-5,9H,6-8H2,1H3,(H,16,18). The summed E-state index contributed by atoms with van der Waals surface area (Å²) in [5, 5.41) is 6.80. The molecular weight excluding hydrogens is 324 g/mol. The highest BCUT2D eigenvalue weighted by atomic mass is 79.9. The molecule has 2 aromatic rings. The number of aryl methyl sites for hydroxylation is 1. The molecule has 0 radical (unpaired) electrons. The number of benzene rings is 1. The van der Waals surface area contributed by atoms with E-state index < -0.39 is 0 Å². The quantitative estimate of drug-likeness (QED) is 0.849. The highest BCUT2D eigenvalue weighted by molar-refractivity contribution is 9.08. The maximum Gasteiger partial charge on any atom is 0.251 e. The molecule has 0 saturated carbocycles. The average molecular weight is 339 g/mol. The molecule has 2 rings (SSSR count). The molecule has 0 aliphatic carbocycles. The van der Waals surface area contributed by atoms with Crippen LogP contribution in [0.1, 0.15) is 26.6 Å². The van der Waals surface area contributed by atoms with Gasteiger partial charge >= 0.3 is 0 Å². The fourth-order valence-corrected chi connectivity index (χ4v) is 2.80. The van der Waals surface area contributed by atoms with Crippen molar-refractivity contribution in [2.24, 2.45) is 0 Å². The van der Waals surface area contributed by atoms with Crippen LogP contribution >= 0.6 is 27.3 Å². The van der Waals surface area contributed by atoms with Gasteiger partial charge in [0.1, 0.15) is 0 Å². The minimum absolute atomic E-state index is 0.0330. The van der Waals surface area contributed by atoms with Gasteiger partial charge in [-0.3, -0.25) is 4.79 Å². The van der Waals surface area contributed by atoms with Crippen LogP contribution in [0, 0.1) is 6.92 Å². The summed E-state index contributed by atoms with van der Waals surface area (Å²) in [6.45, 7) is 2.59. The molecule has 0 spiro atoms. The first-order valence-electron chi connectivity index (χ1n) is 6.03. The van der Waals surface area contributed by atoms with E-state index in [0.29, 0.717) is 12.1 Å². The highest BCUT2D eigenvalue weighted by Gasteiger charge is 2.05. The van der Waals surface area contributed by atoms with Crippen molar-refractivity contribution in [1.82, 2.24) is 10.3 Å². The first-order valence-corrected chi connectivity index (χ1v) is 8.03. The number of aromatic nitrogens is 1. The second-order valence-corrected chi connectivity index (χ2v) is 5.72. The summed E-state index contributed by atoms with van der Waals surface area (Å²) in [5.74, 6) is -0.0330. The third-order valence-corrected chi connectivity index (χ3v) is 4.34. The van der Waals surface area contributed by atoms with Gasteiger partial charge in [0.05, 0.1) is 5.01 Å². The summed E-state index contributed by atoms with van der Waals surface area (Å²) in [4.78, 5) is 16.3. The maximum atomic E-state index is 11.9. The van der Waals surface area contributed by atoms with Gasteiger partial charge in [0, 0.05) is 34.9 Å². The molecule has 0 fully saturated rings. The zero-order chi connectivity index (χ0) is 13.7. The minimum Gasteiger partial charge on any atom is -0.352 e. The minimum atomic E-state index is -0.0330. The lowest BCUT2D eigenvalue weighted by molar-refractivity contribution is 0.0954. The van der Waals surface area contributed by atoms with Crippen molar-refractivity contribution in [3.8, 4) is 0 Å². The number of carbonyl (C=O) groups is 1. The molecule has 0 unspecified atom stereocenters. The lowest BCUT2D eigenvalue weighted by Gasteiger charge is -2.04. The first kappa shape index (κ1) is 14.2. The van der Waals surface area contributed by atoms with E-state index in [1.165, 1.54) is 0 Å². The Kier molecular flexibility index (Phi) is 5.10. The monoisotopic (exact) mass is 338 g/mol. The third kappa shape index (κ3) is 4.14. The van der Waals surface area contributed by atoms with Crippen molar-refractivity contribution in [3.05, 3.63) is 51.5 Å².